The fraction of sp³-hybridized carbons (Fsp3) is 0.125. The molecule has 2 heterocycles. The van der Waals surface area contributed by atoms with E-state index in [2.05, 4.69) is 15.6 Å². The number of phenolic OH excluding ortho intramolecular Hbond substituents is 2. The standard InChI is InChI=1S/C32H30N4O3/c1-2-21(12-11-19-37)24-20-26(38)27-28(31(24)39)30(34-22-13-5-3-6-14-22)32(35-23-15-7-4-8-16-23)36-29(27)25-17-9-10-18-33-25/h3-10,12-18,20,34,37-39H,2,11,19H2,1H3,(H,35,36). The van der Waals surface area contributed by atoms with Gasteiger partial charge in [0.2, 0.25) is 0 Å². The van der Waals surface area contributed by atoms with Gasteiger partial charge < -0.3 is 26.0 Å². The van der Waals surface area contributed by atoms with E-state index >= 15 is 0 Å². The number of hydrogen-bond donors (Lipinski definition) is 5. The Bertz CT molecular complexity index is 1610. The molecule has 7 heteroatoms. The highest BCUT2D eigenvalue weighted by Gasteiger charge is 2.25. The number of aromatic hydroxyl groups is 2. The first-order valence-corrected chi connectivity index (χ1v) is 12.9. The number of nitrogens with zero attached hydrogens (tertiary/aromatic N) is 2. The number of hydrogen-bond acceptors (Lipinski definition) is 7. The monoisotopic (exact) mass is 518 g/mol. The molecule has 196 valence electrons. The fourth-order valence-electron chi connectivity index (χ4n) is 4.64. The topological polar surface area (TPSA) is 111 Å². The molecule has 7 nitrogen and oxygen atoms in total. The van der Waals surface area contributed by atoms with Crippen LogP contribution in [0, 0.1) is 0 Å². The molecule has 0 saturated heterocycles. The van der Waals surface area contributed by atoms with E-state index in [-0.39, 0.29) is 18.1 Å². The highest BCUT2D eigenvalue weighted by Crippen LogP contribution is 2.49. The van der Waals surface area contributed by atoms with Crippen molar-refractivity contribution in [3.05, 3.63) is 103 Å². The quantitative estimate of drug-likeness (QED) is 0.130. The molecule has 0 amide bonds. The largest absolute Gasteiger partial charge is 0.507 e. The number of para-hydroxylation sites is 2. The molecule has 0 fully saturated rings. The summed E-state index contributed by atoms with van der Waals surface area (Å²) in [5.74, 6) is 0.432. The second-order valence-corrected chi connectivity index (χ2v) is 9.02. The summed E-state index contributed by atoms with van der Waals surface area (Å²) in [5.41, 5.74) is 4.40. The summed E-state index contributed by atoms with van der Waals surface area (Å²) in [6, 6.07) is 26.3. The SMILES string of the molecule is CCC(=CCCO)c1cc(O)c2c(-c3ccccn3)nc(Nc3ccccc3)c(Nc3ccccc3)c2c1O. The molecule has 0 unspecified atom stereocenters. The zero-order valence-electron chi connectivity index (χ0n) is 21.6. The van der Waals surface area contributed by atoms with E-state index in [1.807, 2.05) is 91.9 Å². The Balaban J connectivity index is 1.88. The van der Waals surface area contributed by atoms with Crippen molar-refractivity contribution >= 4 is 39.2 Å². The summed E-state index contributed by atoms with van der Waals surface area (Å²) < 4.78 is 0. The molecule has 0 bridgehead atoms. The number of fused-ring (bicyclic) bond motifs is 1. The third kappa shape index (κ3) is 5.39. The molecule has 2 aromatic heterocycles. The molecule has 5 rings (SSSR count). The van der Waals surface area contributed by atoms with E-state index in [0.717, 1.165) is 16.9 Å². The summed E-state index contributed by atoms with van der Waals surface area (Å²) in [6.07, 6.45) is 4.59. The van der Waals surface area contributed by atoms with E-state index in [4.69, 9.17) is 4.98 Å². The number of rotatable bonds is 9. The average Bonchev–Trinajstić information content (AvgIpc) is 2.98. The van der Waals surface area contributed by atoms with Gasteiger partial charge in [0, 0.05) is 29.7 Å². The van der Waals surface area contributed by atoms with Crippen LogP contribution in [0.2, 0.25) is 0 Å². The van der Waals surface area contributed by atoms with E-state index in [0.29, 0.717) is 52.1 Å². The van der Waals surface area contributed by atoms with Crippen LogP contribution in [0.15, 0.2) is 97.2 Å². The highest BCUT2D eigenvalue weighted by atomic mass is 16.3. The molecule has 0 spiro atoms. The predicted molar refractivity (Wildman–Crippen MR) is 158 cm³/mol. The first-order valence-electron chi connectivity index (χ1n) is 12.9. The minimum Gasteiger partial charge on any atom is -0.507 e. The third-order valence-corrected chi connectivity index (χ3v) is 6.46. The van der Waals surface area contributed by atoms with Crippen molar-refractivity contribution in [1.82, 2.24) is 9.97 Å². The van der Waals surface area contributed by atoms with Crippen LogP contribution >= 0.6 is 0 Å². The maximum Gasteiger partial charge on any atom is 0.155 e. The average molecular weight is 519 g/mol. The van der Waals surface area contributed by atoms with Crippen LogP contribution in [0.5, 0.6) is 11.5 Å². The van der Waals surface area contributed by atoms with Crippen molar-refractivity contribution in [2.24, 2.45) is 0 Å². The van der Waals surface area contributed by atoms with Crippen molar-refractivity contribution < 1.29 is 15.3 Å². The second-order valence-electron chi connectivity index (χ2n) is 9.02. The van der Waals surface area contributed by atoms with Gasteiger partial charge in [0.15, 0.2) is 5.82 Å². The third-order valence-electron chi connectivity index (χ3n) is 6.46. The minimum atomic E-state index is -0.0309. The normalized spacial score (nSPS) is 11.5. The summed E-state index contributed by atoms with van der Waals surface area (Å²) in [6.45, 7) is 1.96. The van der Waals surface area contributed by atoms with E-state index < -0.39 is 0 Å². The molecule has 5 aromatic rings. The number of pyridine rings is 2. The number of aliphatic hydroxyl groups excluding tert-OH is 1. The first kappa shape index (κ1) is 25.8. The van der Waals surface area contributed by atoms with Crippen molar-refractivity contribution in [3.63, 3.8) is 0 Å². The number of aliphatic hydroxyl groups is 1. The lowest BCUT2D eigenvalue weighted by molar-refractivity contribution is 0.302. The molecule has 39 heavy (non-hydrogen) atoms. The lowest BCUT2D eigenvalue weighted by atomic mass is 9.94. The molecule has 0 radical (unpaired) electrons. The Kier molecular flexibility index (Phi) is 7.70. The Morgan fingerprint density at radius 2 is 1.51 bits per heavy atom. The van der Waals surface area contributed by atoms with Gasteiger partial charge in [0.05, 0.1) is 22.2 Å². The van der Waals surface area contributed by atoms with E-state index in [9.17, 15) is 15.3 Å². The lowest BCUT2D eigenvalue weighted by Crippen LogP contribution is -2.04. The Hall–Kier alpha value is -4.88. The molecule has 5 N–H and O–H groups in total. The van der Waals surface area contributed by atoms with Crippen LogP contribution in [-0.2, 0) is 0 Å². The number of allylic oxidation sites excluding steroid dienone is 1. The van der Waals surface area contributed by atoms with Gasteiger partial charge in [-0.05, 0) is 60.9 Å². The first-order chi connectivity index (χ1) is 19.1. The summed E-state index contributed by atoms with van der Waals surface area (Å²) in [7, 11) is 0. The summed E-state index contributed by atoms with van der Waals surface area (Å²) >= 11 is 0. The molecular formula is C32H30N4O3. The van der Waals surface area contributed by atoms with Gasteiger partial charge in [-0.25, -0.2) is 4.98 Å². The van der Waals surface area contributed by atoms with Crippen molar-refractivity contribution in [2.75, 3.05) is 17.2 Å². The Morgan fingerprint density at radius 1 is 0.846 bits per heavy atom. The van der Waals surface area contributed by atoms with Gasteiger partial charge in [-0.2, -0.15) is 0 Å². The number of aromatic nitrogens is 2. The van der Waals surface area contributed by atoms with Gasteiger partial charge in [-0.3, -0.25) is 4.98 Å². The van der Waals surface area contributed by atoms with Crippen LogP contribution in [-0.4, -0.2) is 31.9 Å². The fourth-order valence-corrected chi connectivity index (χ4v) is 4.64. The summed E-state index contributed by atoms with van der Waals surface area (Å²) in [4.78, 5) is 9.46. The van der Waals surface area contributed by atoms with Crippen LogP contribution in [0.25, 0.3) is 27.7 Å². The van der Waals surface area contributed by atoms with Crippen molar-refractivity contribution in [1.29, 1.82) is 0 Å². The van der Waals surface area contributed by atoms with Crippen LogP contribution in [0.3, 0.4) is 0 Å². The van der Waals surface area contributed by atoms with Gasteiger partial charge in [0.1, 0.15) is 17.2 Å². The smallest absolute Gasteiger partial charge is 0.155 e. The van der Waals surface area contributed by atoms with E-state index in [1.54, 1.807) is 12.3 Å². The number of phenols is 2. The number of anilines is 4. The molecule has 0 aliphatic rings. The zero-order chi connectivity index (χ0) is 27.2. The molecule has 0 saturated carbocycles. The van der Waals surface area contributed by atoms with Gasteiger partial charge in [-0.1, -0.05) is 55.5 Å². The molecule has 0 atom stereocenters. The molecular weight excluding hydrogens is 488 g/mol. The molecule has 0 aliphatic carbocycles. The van der Waals surface area contributed by atoms with Gasteiger partial charge in [-0.15, -0.1) is 0 Å². The van der Waals surface area contributed by atoms with Crippen molar-refractivity contribution in [2.45, 2.75) is 19.8 Å². The van der Waals surface area contributed by atoms with Gasteiger partial charge in [0.25, 0.3) is 0 Å². The van der Waals surface area contributed by atoms with Gasteiger partial charge >= 0.3 is 0 Å². The predicted octanol–water partition coefficient (Wildman–Crippen LogP) is 7.37. The Labute approximate surface area is 227 Å². The van der Waals surface area contributed by atoms with Crippen LogP contribution < -0.4 is 10.6 Å². The molecule has 0 aliphatic heterocycles. The van der Waals surface area contributed by atoms with Crippen LogP contribution in [0.4, 0.5) is 22.9 Å². The maximum atomic E-state index is 11.9. The van der Waals surface area contributed by atoms with Crippen molar-refractivity contribution in [3.8, 4) is 22.9 Å². The Morgan fingerprint density at radius 3 is 2.13 bits per heavy atom. The van der Waals surface area contributed by atoms with E-state index in [1.165, 1.54) is 0 Å². The lowest BCUT2D eigenvalue weighted by Gasteiger charge is -2.21. The minimum absolute atomic E-state index is 0.00274. The number of nitrogens with one attached hydrogen (secondary N) is 2. The molecule has 3 aromatic carbocycles. The van der Waals surface area contributed by atoms with Crippen LogP contribution in [0.1, 0.15) is 25.3 Å². The maximum absolute atomic E-state index is 11.9. The number of benzene rings is 3. The highest BCUT2D eigenvalue weighted by molar-refractivity contribution is 6.13. The summed E-state index contributed by atoms with van der Waals surface area (Å²) in [5, 5.41) is 40.4. The zero-order valence-corrected chi connectivity index (χ0v) is 21.6. The second kappa shape index (κ2) is 11.7.